The van der Waals surface area contributed by atoms with Gasteiger partial charge in [-0.25, -0.2) is 4.98 Å². The number of pyridine rings is 1. The van der Waals surface area contributed by atoms with Crippen molar-refractivity contribution in [3.05, 3.63) is 65.6 Å². The van der Waals surface area contributed by atoms with Gasteiger partial charge >= 0.3 is 0 Å². The number of fused-ring (bicyclic) bond motifs is 2. The molecule has 6 heteroatoms. The van der Waals surface area contributed by atoms with Gasteiger partial charge in [0.2, 0.25) is 5.91 Å². The Hall–Kier alpha value is -3.15. The highest BCUT2D eigenvalue weighted by Gasteiger charge is 2.22. The highest BCUT2D eigenvalue weighted by molar-refractivity contribution is 6.00. The van der Waals surface area contributed by atoms with Crippen LogP contribution in [-0.2, 0) is 11.2 Å². The van der Waals surface area contributed by atoms with Crippen molar-refractivity contribution >= 4 is 23.1 Å². The van der Waals surface area contributed by atoms with Gasteiger partial charge in [0.05, 0.1) is 6.54 Å². The summed E-state index contributed by atoms with van der Waals surface area (Å²) in [4.78, 5) is 31.1. The lowest BCUT2D eigenvalue weighted by Crippen LogP contribution is -2.42. The number of nitrogens with one attached hydrogen (secondary N) is 1. The van der Waals surface area contributed by atoms with Crippen LogP contribution >= 0.6 is 0 Å². The van der Waals surface area contributed by atoms with Gasteiger partial charge in [-0.05, 0) is 49.1 Å². The van der Waals surface area contributed by atoms with E-state index in [0.717, 1.165) is 24.1 Å². The lowest BCUT2D eigenvalue weighted by atomic mass is 10.0. The summed E-state index contributed by atoms with van der Waals surface area (Å²) in [6, 6.07) is 11.8. The quantitative estimate of drug-likeness (QED) is 0.790. The van der Waals surface area contributed by atoms with Crippen LogP contribution < -0.4 is 10.2 Å². The molecular formula is C20H20N4O2. The number of imidazole rings is 1. The van der Waals surface area contributed by atoms with Crippen LogP contribution in [-0.4, -0.2) is 34.3 Å². The summed E-state index contributed by atoms with van der Waals surface area (Å²) >= 11 is 0. The second-order valence-electron chi connectivity index (χ2n) is 6.56. The molecule has 4 rings (SSSR count). The van der Waals surface area contributed by atoms with Crippen molar-refractivity contribution in [1.82, 2.24) is 14.7 Å². The van der Waals surface area contributed by atoms with Gasteiger partial charge in [-0.15, -0.1) is 0 Å². The number of carbonyl (C=O) groups excluding carboxylic acids is 2. The van der Waals surface area contributed by atoms with Crippen molar-refractivity contribution in [2.45, 2.75) is 19.8 Å². The zero-order valence-corrected chi connectivity index (χ0v) is 14.6. The molecule has 2 amide bonds. The molecule has 0 radical (unpaired) electrons. The van der Waals surface area contributed by atoms with Gasteiger partial charge in [0, 0.05) is 24.6 Å². The van der Waals surface area contributed by atoms with Crippen molar-refractivity contribution in [3.8, 4) is 0 Å². The molecule has 0 bridgehead atoms. The number of benzene rings is 1. The Bertz CT molecular complexity index is 992. The number of aryl methyl sites for hydroxylation is 2. The van der Waals surface area contributed by atoms with Crippen molar-refractivity contribution in [3.63, 3.8) is 0 Å². The van der Waals surface area contributed by atoms with E-state index in [1.54, 1.807) is 15.5 Å². The number of carbonyl (C=O) groups is 2. The predicted octanol–water partition coefficient (Wildman–Crippen LogP) is 2.35. The predicted molar refractivity (Wildman–Crippen MR) is 99.4 cm³/mol. The molecule has 6 nitrogen and oxygen atoms in total. The van der Waals surface area contributed by atoms with Gasteiger partial charge in [-0.2, -0.15) is 0 Å². The molecule has 1 N–H and O–H groups in total. The Balaban J connectivity index is 1.45. The molecule has 0 spiro atoms. The lowest BCUT2D eigenvalue weighted by molar-refractivity contribution is -0.117. The molecule has 26 heavy (non-hydrogen) atoms. The molecular weight excluding hydrogens is 328 g/mol. The minimum Gasteiger partial charge on any atom is -0.342 e. The molecule has 0 unspecified atom stereocenters. The van der Waals surface area contributed by atoms with E-state index in [0.29, 0.717) is 17.9 Å². The van der Waals surface area contributed by atoms with Crippen LogP contribution in [0, 0.1) is 6.92 Å². The first-order valence-corrected chi connectivity index (χ1v) is 8.73. The minimum absolute atomic E-state index is 0.0416. The number of amides is 2. The molecule has 0 saturated heterocycles. The maximum atomic E-state index is 12.6. The van der Waals surface area contributed by atoms with E-state index < -0.39 is 0 Å². The number of aromatic nitrogens is 2. The minimum atomic E-state index is -0.343. The van der Waals surface area contributed by atoms with Gasteiger partial charge in [0.15, 0.2) is 0 Å². The van der Waals surface area contributed by atoms with E-state index in [1.165, 1.54) is 5.56 Å². The Labute approximate surface area is 151 Å². The zero-order chi connectivity index (χ0) is 18.1. The summed E-state index contributed by atoms with van der Waals surface area (Å²) < 4.78 is 1.80. The van der Waals surface area contributed by atoms with Gasteiger partial charge in [0.1, 0.15) is 11.3 Å². The normalized spacial score (nSPS) is 13.5. The average molecular weight is 348 g/mol. The number of anilines is 1. The second-order valence-corrected chi connectivity index (χ2v) is 6.56. The Morgan fingerprint density at radius 3 is 2.96 bits per heavy atom. The Morgan fingerprint density at radius 1 is 1.23 bits per heavy atom. The summed E-state index contributed by atoms with van der Waals surface area (Å²) in [6.07, 6.45) is 5.45. The largest absolute Gasteiger partial charge is 0.342 e. The van der Waals surface area contributed by atoms with Crippen molar-refractivity contribution in [2.24, 2.45) is 0 Å². The maximum Gasteiger partial charge on any atom is 0.271 e. The van der Waals surface area contributed by atoms with Crippen LogP contribution in [0.3, 0.4) is 0 Å². The molecule has 3 aromatic rings. The Kier molecular flexibility index (Phi) is 4.16. The van der Waals surface area contributed by atoms with E-state index in [-0.39, 0.29) is 18.4 Å². The molecule has 0 saturated carbocycles. The molecule has 2 aromatic heterocycles. The fourth-order valence-corrected chi connectivity index (χ4v) is 3.33. The van der Waals surface area contributed by atoms with Crippen molar-refractivity contribution < 1.29 is 9.59 Å². The first-order chi connectivity index (χ1) is 12.6. The molecule has 0 fully saturated rings. The third-order valence-corrected chi connectivity index (χ3v) is 4.66. The zero-order valence-electron chi connectivity index (χ0n) is 14.6. The van der Waals surface area contributed by atoms with Crippen LogP contribution in [0.1, 0.15) is 28.0 Å². The fraction of sp³-hybridized carbons (Fsp3) is 0.250. The fourth-order valence-electron chi connectivity index (χ4n) is 3.33. The number of hydrogen-bond acceptors (Lipinski definition) is 3. The Morgan fingerprint density at radius 2 is 2.08 bits per heavy atom. The molecule has 0 aliphatic carbocycles. The highest BCUT2D eigenvalue weighted by Crippen LogP contribution is 2.26. The SMILES string of the molecule is Cc1ccn2cc(C(=O)NCC(=O)N3CCCc4ccccc43)nc2c1. The molecule has 1 aliphatic heterocycles. The second kappa shape index (κ2) is 6.63. The topological polar surface area (TPSA) is 66.7 Å². The summed E-state index contributed by atoms with van der Waals surface area (Å²) in [5.41, 5.74) is 4.22. The molecule has 3 heterocycles. The van der Waals surface area contributed by atoms with Crippen molar-refractivity contribution in [2.75, 3.05) is 18.0 Å². The van der Waals surface area contributed by atoms with Gasteiger partial charge in [-0.1, -0.05) is 18.2 Å². The molecule has 0 atom stereocenters. The third kappa shape index (κ3) is 3.06. The number of para-hydroxylation sites is 1. The maximum absolute atomic E-state index is 12.6. The van der Waals surface area contributed by atoms with Gasteiger partial charge < -0.3 is 14.6 Å². The summed E-state index contributed by atoms with van der Waals surface area (Å²) in [5, 5.41) is 2.70. The molecule has 1 aliphatic rings. The summed E-state index contributed by atoms with van der Waals surface area (Å²) in [6.45, 7) is 2.61. The number of rotatable bonds is 3. The van der Waals surface area contributed by atoms with Crippen LogP contribution in [0.4, 0.5) is 5.69 Å². The van der Waals surface area contributed by atoms with E-state index in [2.05, 4.69) is 10.3 Å². The smallest absolute Gasteiger partial charge is 0.271 e. The monoisotopic (exact) mass is 348 g/mol. The standard InChI is InChI=1S/C20H20N4O2/c1-14-8-10-23-13-16(22-18(23)11-14)20(26)21-12-19(25)24-9-4-6-15-5-2-3-7-17(15)24/h2-3,5,7-8,10-11,13H,4,6,9,12H2,1H3,(H,21,26). The lowest BCUT2D eigenvalue weighted by Gasteiger charge is -2.29. The average Bonchev–Trinajstić information content (AvgIpc) is 3.08. The number of nitrogens with zero attached hydrogens (tertiary/aromatic N) is 3. The van der Waals surface area contributed by atoms with Crippen molar-refractivity contribution in [1.29, 1.82) is 0 Å². The van der Waals surface area contributed by atoms with E-state index in [9.17, 15) is 9.59 Å². The van der Waals surface area contributed by atoms with Crippen LogP contribution in [0.15, 0.2) is 48.8 Å². The highest BCUT2D eigenvalue weighted by atomic mass is 16.2. The van der Waals surface area contributed by atoms with Gasteiger partial charge in [-0.3, -0.25) is 9.59 Å². The van der Waals surface area contributed by atoms with Gasteiger partial charge in [0.25, 0.3) is 5.91 Å². The van der Waals surface area contributed by atoms with E-state index in [1.807, 2.05) is 49.5 Å². The third-order valence-electron chi connectivity index (χ3n) is 4.66. The summed E-state index contributed by atoms with van der Waals surface area (Å²) in [5.74, 6) is -0.449. The van der Waals surface area contributed by atoms with E-state index in [4.69, 9.17) is 0 Å². The first kappa shape index (κ1) is 16.3. The summed E-state index contributed by atoms with van der Waals surface area (Å²) in [7, 11) is 0. The van der Waals surface area contributed by atoms with Crippen LogP contribution in [0.2, 0.25) is 0 Å². The van der Waals surface area contributed by atoms with Crippen LogP contribution in [0.25, 0.3) is 5.65 Å². The molecule has 1 aromatic carbocycles. The van der Waals surface area contributed by atoms with E-state index >= 15 is 0 Å². The number of hydrogen-bond donors (Lipinski definition) is 1. The van der Waals surface area contributed by atoms with Crippen LogP contribution in [0.5, 0.6) is 0 Å². The molecule has 132 valence electrons. The first-order valence-electron chi connectivity index (χ1n) is 8.73.